The monoisotopic (exact) mass is 483 g/mol. The Morgan fingerprint density at radius 2 is 1.91 bits per heavy atom. The van der Waals surface area contributed by atoms with Gasteiger partial charge in [-0.1, -0.05) is 6.07 Å². The number of aliphatic hydroxyl groups is 2. The number of nitrogens with zero attached hydrogens (tertiary/aromatic N) is 4. The summed E-state index contributed by atoms with van der Waals surface area (Å²) in [4.78, 5) is 14.8. The van der Waals surface area contributed by atoms with E-state index in [4.69, 9.17) is 11.5 Å². The van der Waals surface area contributed by atoms with Gasteiger partial charge in [0.1, 0.15) is 23.1 Å². The maximum atomic E-state index is 14.3. The first-order chi connectivity index (χ1) is 16.8. The molecular formula is C24H27F2N7O2. The second kappa shape index (κ2) is 9.33. The third kappa shape index (κ3) is 4.38. The van der Waals surface area contributed by atoms with Gasteiger partial charge in [0.05, 0.1) is 46.8 Å². The highest BCUT2D eigenvalue weighted by atomic mass is 19.1. The van der Waals surface area contributed by atoms with Gasteiger partial charge in [-0.3, -0.25) is 4.98 Å². The van der Waals surface area contributed by atoms with Crippen molar-refractivity contribution in [2.45, 2.75) is 44.1 Å². The average molecular weight is 484 g/mol. The highest BCUT2D eigenvalue weighted by Crippen LogP contribution is 2.42. The lowest BCUT2D eigenvalue weighted by Gasteiger charge is -2.35. The molecule has 35 heavy (non-hydrogen) atoms. The van der Waals surface area contributed by atoms with Gasteiger partial charge < -0.3 is 31.9 Å². The zero-order valence-corrected chi connectivity index (χ0v) is 19.0. The maximum absolute atomic E-state index is 14.3. The molecule has 1 aliphatic carbocycles. The van der Waals surface area contributed by atoms with Crippen LogP contribution in [0.5, 0.6) is 0 Å². The van der Waals surface area contributed by atoms with E-state index in [1.807, 2.05) is 0 Å². The predicted octanol–water partition coefficient (Wildman–Crippen LogP) is 2.41. The molecule has 1 saturated heterocycles. The fourth-order valence-electron chi connectivity index (χ4n) is 4.88. The number of pyridine rings is 1. The fraction of sp³-hybridized carbons (Fsp3) is 0.375. The summed E-state index contributed by atoms with van der Waals surface area (Å²) < 4.78 is 28.6. The molecule has 0 saturated carbocycles. The Hall–Kier alpha value is -3.41. The summed E-state index contributed by atoms with van der Waals surface area (Å²) in [6.45, 7) is 1.40. The summed E-state index contributed by atoms with van der Waals surface area (Å²) in [5, 5.41) is 24.4. The third-order valence-corrected chi connectivity index (χ3v) is 6.54. The number of anilines is 3. The number of nitrogen functional groups attached to an aromatic ring is 1. The number of hydrogen-bond acceptors (Lipinski definition) is 9. The summed E-state index contributed by atoms with van der Waals surface area (Å²) in [5.74, 6) is -1.69. The van der Waals surface area contributed by atoms with Crippen molar-refractivity contribution in [2.24, 2.45) is 5.73 Å². The molecule has 3 atom stereocenters. The minimum absolute atomic E-state index is 0.00511. The number of aromatic nitrogens is 3. The lowest BCUT2D eigenvalue weighted by molar-refractivity contribution is 0.176. The van der Waals surface area contributed by atoms with E-state index in [1.165, 1.54) is 6.07 Å². The van der Waals surface area contributed by atoms with Crippen LogP contribution in [-0.2, 0) is 6.42 Å². The smallest absolute Gasteiger partial charge is 0.171 e. The molecule has 7 N–H and O–H groups in total. The standard InChI is InChI=1S/C24H27F2N7O2/c25-14-4-1-5-15(26)19(14)16-9-30-23(28)21(31-16)24(35)32-17-10-29-20-13(6-7-18(20)34)22(17)33-8-2-3-12(27)11-33/h1,4-5,9-10,12,18,24,32,34-35H,2-3,6-8,11,27H2,(H2,28,30). The molecule has 0 amide bonds. The largest absolute Gasteiger partial charge is 0.387 e. The van der Waals surface area contributed by atoms with Gasteiger partial charge in [0.2, 0.25) is 0 Å². The molecule has 0 radical (unpaired) electrons. The predicted molar refractivity (Wildman–Crippen MR) is 127 cm³/mol. The van der Waals surface area contributed by atoms with Crippen LogP contribution in [0.2, 0.25) is 0 Å². The van der Waals surface area contributed by atoms with Crippen molar-refractivity contribution in [2.75, 3.05) is 29.0 Å². The van der Waals surface area contributed by atoms with Crippen LogP contribution in [0.1, 0.15) is 48.5 Å². The number of nitrogens with two attached hydrogens (primary N) is 2. The van der Waals surface area contributed by atoms with Crippen LogP contribution in [0.3, 0.4) is 0 Å². The van der Waals surface area contributed by atoms with E-state index in [9.17, 15) is 19.0 Å². The van der Waals surface area contributed by atoms with E-state index in [-0.39, 0.29) is 28.8 Å². The van der Waals surface area contributed by atoms with E-state index in [0.29, 0.717) is 30.8 Å². The normalized spacial score (nSPS) is 20.5. The van der Waals surface area contributed by atoms with Gasteiger partial charge in [-0.15, -0.1) is 0 Å². The van der Waals surface area contributed by atoms with E-state index in [2.05, 4.69) is 25.2 Å². The Morgan fingerprint density at radius 1 is 1.14 bits per heavy atom. The number of fused-ring (bicyclic) bond motifs is 1. The Morgan fingerprint density at radius 3 is 2.66 bits per heavy atom. The van der Waals surface area contributed by atoms with Gasteiger partial charge in [-0.05, 0) is 37.8 Å². The second-order valence-electron chi connectivity index (χ2n) is 8.96. The van der Waals surface area contributed by atoms with Gasteiger partial charge >= 0.3 is 0 Å². The molecular weight excluding hydrogens is 456 g/mol. The van der Waals surface area contributed by atoms with Gasteiger partial charge in [-0.2, -0.15) is 0 Å². The molecule has 1 aromatic carbocycles. The van der Waals surface area contributed by atoms with Gasteiger partial charge in [0, 0.05) is 24.7 Å². The molecule has 0 bridgehead atoms. The first-order valence-electron chi connectivity index (χ1n) is 11.5. The summed E-state index contributed by atoms with van der Waals surface area (Å²) in [6.07, 6.45) is 3.66. The molecule has 3 aromatic rings. The third-order valence-electron chi connectivity index (χ3n) is 6.54. The fourth-order valence-corrected chi connectivity index (χ4v) is 4.88. The molecule has 1 fully saturated rings. The number of hydrogen-bond donors (Lipinski definition) is 5. The van der Waals surface area contributed by atoms with Crippen molar-refractivity contribution in [3.8, 4) is 11.3 Å². The first-order valence-corrected chi connectivity index (χ1v) is 11.5. The van der Waals surface area contributed by atoms with Crippen molar-refractivity contribution in [3.05, 3.63) is 59.2 Å². The average Bonchev–Trinajstić information content (AvgIpc) is 3.20. The lowest BCUT2D eigenvalue weighted by atomic mass is 10.0. The van der Waals surface area contributed by atoms with Crippen molar-refractivity contribution >= 4 is 17.2 Å². The van der Waals surface area contributed by atoms with Crippen molar-refractivity contribution in [3.63, 3.8) is 0 Å². The van der Waals surface area contributed by atoms with Crippen molar-refractivity contribution in [1.82, 2.24) is 15.0 Å². The zero-order valence-electron chi connectivity index (χ0n) is 19.0. The Kier molecular flexibility index (Phi) is 6.22. The highest BCUT2D eigenvalue weighted by molar-refractivity contribution is 5.75. The number of benzene rings is 1. The van der Waals surface area contributed by atoms with Crippen molar-refractivity contribution < 1.29 is 19.0 Å². The number of piperidine rings is 1. The van der Waals surface area contributed by atoms with Gasteiger partial charge in [-0.25, -0.2) is 18.7 Å². The Labute approximate surface area is 200 Å². The number of nitrogens with one attached hydrogen (secondary N) is 1. The minimum Gasteiger partial charge on any atom is -0.387 e. The summed E-state index contributed by atoms with van der Waals surface area (Å²) in [7, 11) is 0. The SMILES string of the molecule is Nc1ncc(-c2c(F)cccc2F)nc1C(O)Nc1cnc2c(c1N1CCCC(N)C1)CCC2O. The van der Waals surface area contributed by atoms with E-state index >= 15 is 0 Å². The summed E-state index contributed by atoms with van der Waals surface area (Å²) in [6, 6.07) is 3.49. The van der Waals surface area contributed by atoms with Crippen LogP contribution in [0, 0.1) is 11.6 Å². The molecule has 3 heterocycles. The van der Waals surface area contributed by atoms with Crippen LogP contribution < -0.4 is 21.7 Å². The number of aliphatic hydroxyl groups excluding tert-OH is 2. The van der Waals surface area contributed by atoms with Gasteiger partial charge in [0.25, 0.3) is 0 Å². The molecule has 0 spiro atoms. The second-order valence-corrected chi connectivity index (χ2v) is 8.96. The van der Waals surface area contributed by atoms with Crippen LogP contribution in [0.25, 0.3) is 11.3 Å². The summed E-state index contributed by atoms with van der Waals surface area (Å²) >= 11 is 0. The van der Waals surface area contributed by atoms with Crippen LogP contribution in [-0.4, -0.2) is 44.3 Å². The lowest BCUT2D eigenvalue weighted by Crippen LogP contribution is -2.43. The molecule has 2 aliphatic rings. The minimum atomic E-state index is -1.44. The van der Waals surface area contributed by atoms with Crippen molar-refractivity contribution in [1.29, 1.82) is 0 Å². The Balaban J connectivity index is 1.51. The zero-order chi connectivity index (χ0) is 24.7. The van der Waals surface area contributed by atoms with E-state index < -0.39 is 24.0 Å². The Bertz CT molecular complexity index is 1240. The highest BCUT2D eigenvalue weighted by Gasteiger charge is 2.31. The van der Waals surface area contributed by atoms with E-state index in [0.717, 1.165) is 49.0 Å². The number of halogens is 2. The number of rotatable bonds is 5. The first kappa shape index (κ1) is 23.3. The van der Waals surface area contributed by atoms with Gasteiger partial charge in [0.15, 0.2) is 6.23 Å². The van der Waals surface area contributed by atoms with Crippen LogP contribution in [0.4, 0.5) is 26.0 Å². The molecule has 184 valence electrons. The topological polar surface area (TPSA) is 146 Å². The van der Waals surface area contributed by atoms with Crippen LogP contribution in [0.15, 0.2) is 30.6 Å². The maximum Gasteiger partial charge on any atom is 0.171 e. The molecule has 3 unspecified atom stereocenters. The summed E-state index contributed by atoms with van der Waals surface area (Å²) in [5.41, 5.74) is 14.5. The molecule has 9 nitrogen and oxygen atoms in total. The van der Waals surface area contributed by atoms with Crippen LogP contribution >= 0.6 is 0 Å². The molecule has 11 heteroatoms. The molecule has 1 aliphatic heterocycles. The molecule has 5 rings (SSSR count). The quantitative estimate of drug-likeness (QED) is 0.345. The molecule has 2 aromatic heterocycles. The van der Waals surface area contributed by atoms with E-state index in [1.54, 1.807) is 6.20 Å².